The maximum atomic E-state index is 12.7. The van der Waals surface area contributed by atoms with Gasteiger partial charge < -0.3 is 5.32 Å². The Morgan fingerprint density at radius 2 is 2.10 bits per heavy atom. The van der Waals surface area contributed by atoms with Crippen molar-refractivity contribution in [3.63, 3.8) is 0 Å². The lowest BCUT2D eigenvalue weighted by Crippen LogP contribution is -2.13. The standard InChI is InChI=1S/C10H7F3N6S/c11-10(12,13)9-17-16-8-2-1-7(18-19(8)9)15-4-6-3-14-5-20-6/h1-3,5H,4H2,(H,15,18). The molecule has 10 heteroatoms. The molecule has 3 rings (SSSR count). The summed E-state index contributed by atoms with van der Waals surface area (Å²) >= 11 is 1.44. The second kappa shape index (κ2) is 4.71. The Hall–Kier alpha value is -2.23. The number of nitrogens with one attached hydrogen (secondary N) is 1. The monoisotopic (exact) mass is 300 g/mol. The highest BCUT2D eigenvalue weighted by molar-refractivity contribution is 7.09. The first-order valence-electron chi connectivity index (χ1n) is 5.45. The van der Waals surface area contributed by atoms with Gasteiger partial charge in [0.15, 0.2) is 5.65 Å². The molecule has 1 N–H and O–H groups in total. The van der Waals surface area contributed by atoms with Crippen molar-refractivity contribution in [2.24, 2.45) is 0 Å². The van der Waals surface area contributed by atoms with Gasteiger partial charge in [-0.3, -0.25) is 4.98 Å². The molecule has 0 saturated carbocycles. The molecule has 0 spiro atoms. The number of hydrogen-bond donors (Lipinski definition) is 1. The summed E-state index contributed by atoms with van der Waals surface area (Å²) in [5, 5.41) is 13.3. The van der Waals surface area contributed by atoms with E-state index in [0.717, 1.165) is 4.88 Å². The smallest absolute Gasteiger partial charge is 0.364 e. The van der Waals surface area contributed by atoms with E-state index in [1.165, 1.54) is 17.4 Å². The normalized spacial score (nSPS) is 11.9. The van der Waals surface area contributed by atoms with Crippen LogP contribution in [0.15, 0.2) is 23.8 Å². The van der Waals surface area contributed by atoms with E-state index in [2.05, 4.69) is 25.6 Å². The fourth-order valence-electron chi connectivity index (χ4n) is 1.57. The van der Waals surface area contributed by atoms with Crippen LogP contribution in [-0.4, -0.2) is 24.8 Å². The summed E-state index contributed by atoms with van der Waals surface area (Å²) in [5.74, 6) is -0.842. The molecule has 0 atom stereocenters. The summed E-state index contributed by atoms with van der Waals surface area (Å²) in [6, 6.07) is 2.97. The van der Waals surface area contributed by atoms with Crippen molar-refractivity contribution in [3.05, 3.63) is 34.5 Å². The zero-order valence-electron chi connectivity index (χ0n) is 9.79. The van der Waals surface area contributed by atoms with Gasteiger partial charge in [-0.05, 0) is 12.1 Å². The van der Waals surface area contributed by atoms with Gasteiger partial charge in [0, 0.05) is 11.1 Å². The van der Waals surface area contributed by atoms with E-state index in [1.54, 1.807) is 17.8 Å². The number of alkyl halides is 3. The lowest BCUT2D eigenvalue weighted by molar-refractivity contribution is -0.146. The first-order valence-corrected chi connectivity index (χ1v) is 6.33. The molecule has 0 aliphatic carbocycles. The molecule has 0 saturated heterocycles. The molecule has 0 aliphatic rings. The zero-order chi connectivity index (χ0) is 14.2. The second-order valence-electron chi connectivity index (χ2n) is 3.83. The first kappa shape index (κ1) is 12.8. The van der Waals surface area contributed by atoms with Crippen molar-refractivity contribution >= 4 is 22.8 Å². The fraction of sp³-hybridized carbons (Fsp3) is 0.200. The maximum Gasteiger partial charge on any atom is 0.453 e. The summed E-state index contributed by atoms with van der Waals surface area (Å²) in [6.07, 6.45) is -2.92. The average molecular weight is 300 g/mol. The third kappa shape index (κ3) is 2.41. The Bertz CT molecular complexity index is 720. The van der Waals surface area contributed by atoms with Gasteiger partial charge in [-0.1, -0.05) is 0 Å². The van der Waals surface area contributed by atoms with E-state index >= 15 is 0 Å². The number of anilines is 1. The van der Waals surface area contributed by atoms with Crippen molar-refractivity contribution < 1.29 is 13.2 Å². The van der Waals surface area contributed by atoms with E-state index in [4.69, 9.17) is 0 Å². The molecule has 0 aliphatic heterocycles. The van der Waals surface area contributed by atoms with Gasteiger partial charge in [-0.2, -0.15) is 17.7 Å². The van der Waals surface area contributed by atoms with Crippen molar-refractivity contribution in [2.75, 3.05) is 5.32 Å². The number of hydrogen-bond acceptors (Lipinski definition) is 6. The lowest BCUT2D eigenvalue weighted by atomic mass is 10.4. The number of rotatable bonds is 3. The summed E-state index contributed by atoms with van der Waals surface area (Å²) in [7, 11) is 0. The highest BCUT2D eigenvalue weighted by Gasteiger charge is 2.37. The minimum atomic E-state index is -4.59. The van der Waals surface area contributed by atoms with E-state index in [1.807, 2.05) is 0 Å². The van der Waals surface area contributed by atoms with Crippen molar-refractivity contribution in [1.82, 2.24) is 24.8 Å². The second-order valence-corrected chi connectivity index (χ2v) is 4.80. The van der Waals surface area contributed by atoms with E-state index in [0.29, 0.717) is 16.9 Å². The molecule has 3 aromatic heterocycles. The van der Waals surface area contributed by atoms with Crippen LogP contribution in [0.3, 0.4) is 0 Å². The van der Waals surface area contributed by atoms with E-state index in [9.17, 15) is 13.2 Å². The van der Waals surface area contributed by atoms with Gasteiger partial charge in [-0.15, -0.1) is 26.6 Å². The first-order chi connectivity index (χ1) is 9.54. The van der Waals surface area contributed by atoms with Crippen LogP contribution < -0.4 is 5.32 Å². The van der Waals surface area contributed by atoms with Crippen molar-refractivity contribution in [1.29, 1.82) is 0 Å². The molecule has 0 unspecified atom stereocenters. The van der Waals surface area contributed by atoms with Crippen LogP contribution in [0, 0.1) is 0 Å². The van der Waals surface area contributed by atoms with Gasteiger partial charge in [0.2, 0.25) is 0 Å². The van der Waals surface area contributed by atoms with Crippen LogP contribution >= 0.6 is 11.3 Å². The van der Waals surface area contributed by atoms with Crippen molar-refractivity contribution in [2.45, 2.75) is 12.7 Å². The Kier molecular flexibility index (Phi) is 3.01. The fourth-order valence-corrected chi connectivity index (χ4v) is 2.10. The van der Waals surface area contributed by atoms with Gasteiger partial charge in [0.1, 0.15) is 5.82 Å². The topological polar surface area (TPSA) is 68.0 Å². The minimum Gasteiger partial charge on any atom is -0.364 e. The number of fused-ring (bicyclic) bond motifs is 1. The van der Waals surface area contributed by atoms with Crippen LogP contribution in [0.2, 0.25) is 0 Å². The molecular formula is C10H7F3N6S. The van der Waals surface area contributed by atoms with E-state index < -0.39 is 12.0 Å². The molecule has 6 nitrogen and oxygen atoms in total. The molecule has 0 radical (unpaired) electrons. The zero-order valence-corrected chi connectivity index (χ0v) is 10.6. The summed E-state index contributed by atoms with van der Waals surface area (Å²) in [4.78, 5) is 4.86. The molecule has 20 heavy (non-hydrogen) atoms. The summed E-state index contributed by atoms with van der Waals surface area (Å²) < 4.78 is 38.8. The number of thiazole rings is 1. The molecule has 0 amide bonds. The third-order valence-electron chi connectivity index (χ3n) is 2.44. The Morgan fingerprint density at radius 1 is 1.25 bits per heavy atom. The number of halogens is 3. The molecule has 3 aromatic rings. The number of nitrogens with zero attached hydrogens (tertiary/aromatic N) is 5. The van der Waals surface area contributed by atoms with Gasteiger partial charge in [0.05, 0.1) is 12.1 Å². The highest BCUT2D eigenvalue weighted by atomic mass is 32.1. The Morgan fingerprint density at radius 3 is 2.80 bits per heavy atom. The molecule has 3 heterocycles. The minimum absolute atomic E-state index is 0.0423. The number of aromatic nitrogens is 5. The largest absolute Gasteiger partial charge is 0.453 e. The molecular weight excluding hydrogens is 293 g/mol. The SMILES string of the molecule is FC(F)(F)c1nnc2ccc(NCc3cncs3)nn12. The Labute approximate surface area is 114 Å². The molecule has 104 valence electrons. The molecule has 0 fully saturated rings. The van der Waals surface area contributed by atoms with Crippen LogP contribution in [0.4, 0.5) is 19.0 Å². The van der Waals surface area contributed by atoms with Gasteiger partial charge >= 0.3 is 6.18 Å². The van der Waals surface area contributed by atoms with Crippen LogP contribution in [-0.2, 0) is 12.7 Å². The summed E-state index contributed by atoms with van der Waals surface area (Å²) in [6.45, 7) is 0.437. The lowest BCUT2D eigenvalue weighted by Gasteiger charge is -2.06. The predicted octanol–water partition coefficient (Wildman–Crippen LogP) is 2.21. The molecule has 0 aromatic carbocycles. The molecule has 0 bridgehead atoms. The average Bonchev–Trinajstić information content (AvgIpc) is 3.04. The quantitative estimate of drug-likeness (QED) is 0.803. The highest BCUT2D eigenvalue weighted by Crippen LogP contribution is 2.27. The van der Waals surface area contributed by atoms with Crippen LogP contribution in [0.5, 0.6) is 0 Å². The van der Waals surface area contributed by atoms with Crippen molar-refractivity contribution in [3.8, 4) is 0 Å². The Balaban J connectivity index is 1.89. The predicted molar refractivity (Wildman–Crippen MR) is 65.2 cm³/mol. The van der Waals surface area contributed by atoms with Crippen LogP contribution in [0.1, 0.15) is 10.7 Å². The van der Waals surface area contributed by atoms with Gasteiger partial charge in [-0.25, -0.2) is 0 Å². The van der Waals surface area contributed by atoms with E-state index in [-0.39, 0.29) is 5.65 Å². The van der Waals surface area contributed by atoms with Crippen LogP contribution in [0.25, 0.3) is 5.65 Å². The maximum absolute atomic E-state index is 12.7. The van der Waals surface area contributed by atoms with Gasteiger partial charge in [0.25, 0.3) is 5.82 Å². The third-order valence-corrected chi connectivity index (χ3v) is 3.22. The summed E-state index contributed by atoms with van der Waals surface area (Å²) in [5.41, 5.74) is 1.72.